The van der Waals surface area contributed by atoms with Gasteiger partial charge in [0.25, 0.3) is 0 Å². The van der Waals surface area contributed by atoms with Gasteiger partial charge in [-0.1, -0.05) is 30.8 Å². The number of benzene rings is 1. The third-order valence-corrected chi connectivity index (χ3v) is 2.00. The summed E-state index contributed by atoms with van der Waals surface area (Å²) in [6.07, 6.45) is -0.467. The van der Waals surface area contributed by atoms with Crippen molar-refractivity contribution in [2.45, 2.75) is 20.0 Å². The van der Waals surface area contributed by atoms with Crippen LogP contribution in [0.4, 0.5) is 0 Å². The summed E-state index contributed by atoms with van der Waals surface area (Å²) in [5.74, 6) is 0. The molecular formula is C11H14O. The molecule has 0 saturated carbocycles. The second kappa shape index (κ2) is 3.55. The van der Waals surface area contributed by atoms with Crippen LogP contribution < -0.4 is 0 Å². The molecule has 1 aromatic carbocycles. The van der Waals surface area contributed by atoms with Crippen LogP contribution in [0.2, 0.25) is 0 Å². The number of aliphatic hydroxyl groups excluding tert-OH is 1. The fraction of sp³-hybridized carbons (Fsp3) is 0.273. The topological polar surface area (TPSA) is 20.2 Å². The van der Waals surface area contributed by atoms with Crippen molar-refractivity contribution in [2.75, 3.05) is 0 Å². The number of hydrogen-bond donors (Lipinski definition) is 1. The molecule has 0 aliphatic heterocycles. The van der Waals surface area contributed by atoms with Crippen molar-refractivity contribution in [1.82, 2.24) is 0 Å². The minimum Gasteiger partial charge on any atom is -0.389 e. The zero-order chi connectivity index (χ0) is 9.14. The first-order valence-corrected chi connectivity index (χ1v) is 4.06. The molecule has 1 unspecified atom stereocenters. The fourth-order valence-corrected chi connectivity index (χ4v) is 1.16. The molecule has 1 nitrogen and oxygen atoms in total. The van der Waals surface area contributed by atoms with Gasteiger partial charge >= 0.3 is 0 Å². The van der Waals surface area contributed by atoms with Crippen molar-refractivity contribution < 1.29 is 5.11 Å². The van der Waals surface area contributed by atoms with Crippen LogP contribution in [-0.4, -0.2) is 11.2 Å². The Balaban J connectivity index is 3.03. The number of hydrogen-bond acceptors (Lipinski definition) is 1. The maximum Gasteiger partial charge on any atom is 0.0762 e. The fourth-order valence-electron chi connectivity index (χ4n) is 1.16. The molecule has 1 heteroatoms. The molecule has 1 aromatic rings. The standard InChI is InChI=1S/C11H14O/c1-8-6-4-5-7-11(8)9(2)10(3)12/h4-7,10,12H,2H2,1,3H3. The normalized spacial score (nSPS) is 12.6. The van der Waals surface area contributed by atoms with Crippen molar-refractivity contribution >= 4 is 5.57 Å². The van der Waals surface area contributed by atoms with E-state index in [4.69, 9.17) is 0 Å². The van der Waals surface area contributed by atoms with E-state index in [0.29, 0.717) is 0 Å². The minimum absolute atomic E-state index is 0.467. The first-order chi connectivity index (χ1) is 5.63. The van der Waals surface area contributed by atoms with Crippen molar-refractivity contribution in [3.8, 4) is 0 Å². The van der Waals surface area contributed by atoms with E-state index in [0.717, 1.165) is 16.7 Å². The number of rotatable bonds is 2. The first-order valence-electron chi connectivity index (χ1n) is 4.06. The van der Waals surface area contributed by atoms with Gasteiger partial charge in [0.05, 0.1) is 6.10 Å². The highest BCUT2D eigenvalue weighted by molar-refractivity contribution is 5.68. The van der Waals surface area contributed by atoms with Crippen molar-refractivity contribution in [2.24, 2.45) is 0 Å². The zero-order valence-corrected chi connectivity index (χ0v) is 7.54. The van der Waals surface area contributed by atoms with Gasteiger partial charge in [-0.25, -0.2) is 0 Å². The molecule has 1 N–H and O–H groups in total. The highest BCUT2D eigenvalue weighted by Crippen LogP contribution is 2.19. The van der Waals surface area contributed by atoms with Gasteiger partial charge in [0.2, 0.25) is 0 Å². The van der Waals surface area contributed by atoms with Crippen LogP contribution in [0.5, 0.6) is 0 Å². The average molecular weight is 162 g/mol. The molecule has 0 aliphatic rings. The first kappa shape index (κ1) is 9.01. The Morgan fingerprint density at radius 3 is 2.50 bits per heavy atom. The summed E-state index contributed by atoms with van der Waals surface area (Å²) in [6, 6.07) is 7.93. The Bertz CT molecular complexity index is 287. The van der Waals surface area contributed by atoms with Crippen LogP contribution >= 0.6 is 0 Å². The molecule has 0 spiro atoms. The predicted octanol–water partition coefficient (Wildman–Crippen LogP) is 2.39. The SMILES string of the molecule is C=C(c1ccccc1C)C(C)O. The largest absolute Gasteiger partial charge is 0.389 e. The Labute approximate surface area is 73.4 Å². The van der Waals surface area contributed by atoms with Crippen molar-refractivity contribution in [3.63, 3.8) is 0 Å². The number of aryl methyl sites for hydroxylation is 1. The molecule has 0 heterocycles. The third-order valence-electron chi connectivity index (χ3n) is 2.00. The summed E-state index contributed by atoms with van der Waals surface area (Å²) in [5.41, 5.74) is 2.99. The molecule has 0 bridgehead atoms. The van der Waals surface area contributed by atoms with Gasteiger partial charge in [0.1, 0.15) is 0 Å². The second-order valence-corrected chi connectivity index (χ2v) is 3.02. The number of aliphatic hydroxyl groups is 1. The van der Waals surface area contributed by atoms with Crippen LogP contribution in [0.3, 0.4) is 0 Å². The lowest BCUT2D eigenvalue weighted by Crippen LogP contribution is -2.03. The van der Waals surface area contributed by atoms with E-state index < -0.39 is 6.10 Å². The van der Waals surface area contributed by atoms with Crippen LogP contribution in [-0.2, 0) is 0 Å². The Morgan fingerprint density at radius 1 is 1.42 bits per heavy atom. The van der Waals surface area contributed by atoms with E-state index >= 15 is 0 Å². The van der Waals surface area contributed by atoms with Crippen LogP contribution in [0.15, 0.2) is 30.8 Å². The monoisotopic (exact) mass is 162 g/mol. The van der Waals surface area contributed by atoms with Gasteiger partial charge in [0.15, 0.2) is 0 Å². The highest BCUT2D eigenvalue weighted by atomic mass is 16.3. The van der Waals surface area contributed by atoms with Gasteiger partial charge in [0, 0.05) is 0 Å². The maximum atomic E-state index is 9.30. The van der Waals surface area contributed by atoms with Crippen molar-refractivity contribution in [3.05, 3.63) is 42.0 Å². The summed E-state index contributed by atoms with van der Waals surface area (Å²) >= 11 is 0. The van der Waals surface area contributed by atoms with Crippen molar-refractivity contribution in [1.29, 1.82) is 0 Å². The van der Waals surface area contributed by atoms with Gasteiger partial charge in [-0.3, -0.25) is 0 Å². The van der Waals surface area contributed by atoms with E-state index in [-0.39, 0.29) is 0 Å². The summed E-state index contributed by atoms with van der Waals surface area (Å²) in [4.78, 5) is 0. The Hall–Kier alpha value is -1.08. The predicted molar refractivity (Wildman–Crippen MR) is 51.9 cm³/mol. The van der Waals surface area contributed by atoms with E-state index in [9.17, 15) is 5.11 Å². The van der Waals surface area contributed by atoms with Gasteiger partial charge < -0.3 is 5.11 Å². The Kier molecular flexibility index (Phi) is 2.66. The molecule has 0 saturated heterocycles. The quantitative estimate of drug-likeness (QED) is 0.708. The molecule has 1 rings (SSSR count). The summed E-state index contributed by atoms with van der Waals surface area (Å²) in [6.45, 7) is 7.58. The summed E-state index contributed by atoms with van der Waals surface area (Å²) in [7, 11) is 0. The molecule has 0 amide bonds. The molecule has 0 radical (unpaired) electrons. The minimum atomic E-state index is -0.467. The van der Waals surface area contributed by atoms with E-state index in [1.54, 1.807) is 6.92 Å². The molecule has 64 valence electrons. The Morgan fingerprint density at radius 2 is 2.00 bits per heavy atom. The van der Waals surface area contributed by atoms with E-state index in [1.165, 1.54) is 0 Å². The van der Waals surface area contributed by atoms with Gasteiger partial charge in [-0.05, 0) is 30.5 Å². The summed E-state index contributed by atoms with van der Waals surface area (Å²) < 4.78 is 0. The molecule has 0 aromatic heterocycles. The summed E-state index contributed by atoms with van der Waals surface area (Å²) in [5, 5.41) is 9.30. The smallest absolute Gasteiger partial charge is 0.0762 e. The third kappa shape index (κ3) is 1.74. The van der Waals surface area contributed by atoms with Crippen LogP contribution in [0, 0.1) is 6.92 Å². The van der Waals surface area contributed by atoms with E-state index in [1.807, 2.05) is 31.2 Å². The lowest BCUT2D eigenvalue weighted by molar-refractivity contribution is 0.253. The molecular weight excluding hydrogens is 148 g/mol. The maximum absolute atomic E-state index is 9.30. The second-order valence-electron chi connectivity index (χ2n) is 3.02. The van der Waals surface area contributed by atoms with Gasteiger partial charge in [-0.2, -0.15) is 0 Å². The van der Waals surface area contributed by atoms with Crippen LogP contribution in [0.25, 0.3) is 5.57 Å². The molecule has 12 heavy (non-hydrogen) atoms. The highest BCUT2D eigenvalue weighted by Gasteiger charge is 2.06. The van der Waals surface area contributed by atoms with Crippen LogP contribution in [0.1, 0.15) is 18.1 Å². The zero-order valence-electron chi connectivity index (χ0n) is 7.54. The lowest BCUT2D eigenvalue weighted by Gasteiger charge is -2.10. The molecule has 1 atom stereocenters. The average Bonchev–Trinajstić information content (AvgIpc) is 2.04. The van der Waals surface area contributed by atoms with Gasteiger partial charge in [-0.15, -0.1) is 0 Å². The molecule has 0 fully saturated rings. The molecule has 0 aliphatic carbocycles. The van der Waals surface area contributed by atoms with E-state index in [2.05, 4.69) is 6.58 Å². The lowest BCUT2D eigenvalue weighted by atomic mass is 9.99.